The lowest BCUT2D eigenvalue weighted by molar-refractivity contribution is 0.912. The standard InChI is InChI=1S/C11H14N2O2S/c1-3-5-6-7(4-2)16-11-8(6)12-9(14)10(15)13-11/h3-5H2,1-2H3,(H,12,14)(H,13,15). The smallest absolute Gasteiger partial charge is 0.314 e. The average molecular weight is 238 g/mol. The molecule has 2 aromatic rings. The predicted octanol–water partition coefficient (Wildman–Crippen LogP) is 1.79. The molecule has 2 aromatic heterocycles. The summed E-state index contributed by atoms with van der Waals surface area (Å²) in [5, 5.41) is 0. The minimum Gasteiger partial charge on any atom is -0.315 e. The molecule has 2 heterocycles. The number of aryl methyl sites for hydroxylation is 2. The van der Waals surface area contributed by atoms with Crippen LogP contribution in [0.5, 0.6) is 0 Å². The first kappa shape index (κ1) is 11.1. The van der Waals surface area contributed by atoms with Gasteiger partial charge >= 0.3 is 11.1 Å². The monoisotopic (exact) mass is 238 g/mol. The Kier molecular flexibility index (Phi) is 2.96. The lowest BCUT2D eigenvalue weighted by Gasteiger charge is -1.99. The van der Waals surface area contributed by atoms with E-state index in [2.05, 4.69) is 23.8 Å². The SMILES string of the molecule is CCCc1c(CC)sc2[nH]c(=O)c(=O)[nH]c12. The summed E-state index contributed by atoms with van der Waals surface area (Å²) in [5.74, 6) is 0. The Morgan fingerprint density at radius 2 is 1.81 bits per heavy atom. The van der Waals surface area contributed by atoms with E-state index in [-0.39, 0.29) is 0 Å². The van der Waals surface area contributed by atoms with Gasteiger partial charge in [-0.25, -0.2) is 0 Å². The van der Waals surface area contributed by atoms with Crippen molar-refractivity contribution in [2.75, 3.05) is 0 Å². The Labute approximate surface area is 96.3 Å². The molecule has 0 aromatic carbocycles. The number of nitrogens with one attached hydrogen (secondary N) is 2. The molecule has 0 fully saturated rings. The van der Waals surface area contributed by atoms with Crippen LogP contribution in [-0.2, 0) is 12.8 Å². The highest BCUT2D eigenvalue weighted by Gasteiger charge is 2.12. The molecule has 0 radical (unpaired) electrons. The highest BCUT2D eigenvalue weighted by atomic mass is 32.1. The molecule has 2 rings (SSSR count). The fraction of sp³-hybridized carbons (Fsp3) is 0.455. The van der Waals surface area contributed by atoms with E-state index in [1.807, 2.05) is 0 Å². The third-order valence-corrected chi connectivity index (χ3v) is 3.88. The van der Waals surface area contributed by atoms with E-state index in [1.54, 1.807) is 11.3 Å². The second kappa shape index (κ2) is 4.25. The molecular weight excluding hydrogens is 224 g/mol. The van der Waals surface area contributed by atoms with Gasteiger partial charge in [0, 0.05) is 4.88 Å². The summed E-state index contributed by atoms with van der Waals surface area (Å²) in [5.41, 5.74) is 0.858. The fourth-order valence-electron chi connectivity index (χ4n) is 1.86. The van der Waals surface area contributed by atoms with Crippen LogP contribution in [0, 0.1) is 0 Å². The first-order valence-corrected chi connectivity index (χ1v) is 6.25. The summed E-state index contributed by atoms with van der Waals surface area (Å²) in [6, 6.07) is 0. The maximum atomic E-state index is 11.3. The van der Waals surface area contributed by atoms with E-state index in [0.29, 0.717) is 0 Å². The van der Waals surface area contributed by atoms with E-state index < -0.39 is 11.1 Å². The summed E-state index contributed by atoms with van der Waals surface area (Å²) < 4.78 is 0. The van der Waals surface area contributed by atoms with Gasteiger partial charge in [0.2, 0.25) is 0 Å². The summed E-state index contributed by atoms with van der Waals surface area (Å²) in [7, 11) is 0. The van der Waals surface area contributed by atoms with Crippen LogP contribution < -0.4 is 11.1 Å². The first-order chi connectivity index (χ1) is 7.67. The van der Waals surface area contributed by atoms with E-state index >= 15 is 0 Å². The van der Waals surface area contributed by atoms with Gasteiger partial charge in [0.1, 0.15) is 4.83 Å². The second-order valence-corrected chi connectivity index (χ2v) is 4.82. The van der Waals surface area contributed by atoms with Crippen molar-refractivity contribution in [2.24, 2.45) is 0 Å². The van der Waals surface area contributed by atoms with Crippen LogP contribution >= 0.6 is 11.3 Å². The van der Waals surface area contributed by atoms with Crippen molar-refractivity contribution in [3.05, 3.63) is 31.1 Å². The van der Waals surface area contributed by atoms with E-state index in [9.17, 15) is 9.59 Å². The molecule has 4 nitrogen and oxygen atoms in total. The van der Waals surface area contributed by atoms with Gasteiger partial charge in [-0.2, -0.15) is 0 Å². The van der Waals surface area contributed by atoms with Gasteiger partial charge in [0.05, 0.1) is 5.52 Å². The predicted molar refractivity (Wildman–Crippen MR) is 66.4 cm³/mol. The highest BCUT2D eigenvalue weighted by molar-refractivity contribution is 7.18. The van der Waals surface area contributed by atoms with Crippen molar-refractivity contribution in [2.45, 2.75) is 33.1 Å². The average Bonchev–Trinajstić information content (AvgIpc) is 2.58. The molecule has 0 amide bonds. The Hall–Kier alpha value is -1.36. The van der Waals surface area contributed by atoms with Gasteiger partial charge in [-0.15, -0.1) is 11.3 Å². The van der Waals surface area contributed by atoms with Crippen LogP contribution in [0.3, 0.4) is 0 Å². The largest absolute Gasteiger partial charge is 0.315 e. The van der Waals surface area contributed by atoms with Gasteiger partial charge < -0.3 is 9.97 Å². The van der Waals surface area contributed by atoms with Crippen molar-refractivity contribution >= 4 is 21.7 Å². The van der Waals surface area contributed by atoms with Crippen molar-refractivity contribution in [3.63, 3.8) is 0 Å². The van der Waals surface area contributed by atoms with Crippen LogP contribution in [0.4, 0.5) is 0 Å². The fourth-order valence-corrected chi connectivity index (χ4v) is 3.00. The molecule has 0 unspecified atom stereocenters. The Morgan fingerprint density at radius 1 is 1.12 bits per heavy atom. The number of fused-ring (bicyclic) bond motifs is 1. The Balaban J connectivity index is 2.79. The molecule has 2 N–H and O–H groups in total. The topological polar surface area (TPSA) is 65.7 Å². The van der Waals surface area contributed by atoms with Crippen molar-refractivity contribution in [1.29, 1.82) is 0 Å². The van der Waals surface area contributed by atoms with Crippen molar-refractivity contribution in [1.82, 2.24) is 9.97 Å². The number of hydrogen-bond donors (Lipinski definition) is 2. The van der Waals surface area contributed by atoms with Crippen LogP contribution in [0.2, 0.25) is 0 Å². The first-order valence-electron chi connectivity index (χ1n) is 5.44. The van der Waals surface area contributed by atoms with Gasteiger partial charge in [-0.05, 0) is 18.4 Å². The number of rotatable bonds is 3. The van der Waals surface area contributed by atoms with Crippen molar-refractivity contribution < 1.29 is 0 Å². The van der Waals surface area contributed by atoms with Gasteiger partial charge in [-0.1, -0.05) is 20.3 Å². The maximum absolute atomic E-state index is 11.3. The molecule has 16 heavy (non-hydrogen) atoms. The highest BCUT2D eigenvalue weighted by Crippen LogP contribution is 2.28. The van der Waals surface area contributed by atoms with Crippen LogP contribution in [0.25, 0.3) is 10.3 Å². The lowest BCUT2D eigenvalue weighted by Crippen LogP contribution is -2.28. The van der Waals surface area contributed by atoms with Crippen LogP contribution in [0.1, 0.15) is 30.7 Å². The minimum atomic E-state index is -0.570. The summed E-state index contributed by atoms with van der Waals surface area (Å²) >= 11 is 1.56. The second-order valence-electron chi connectivity index (χ2n) is 3.72. The Morgan fingerprint density at radius 3 is 2.44 bits per heavy atom. The third-order valence-electron chi connectivity index (χ3n) is 2.58. The number of H-pyrrole nitrogens is 2. The molecule has 0 aliphatic heterocycles. The molecular formula is C11H14N2O2S. The molecule has 86 valence electrons. The maximum Gasteiger partial charge on any atom is 0.314 e. The molecule has 0 saturated heterocycles. The van der Waals surface area contributed by atoms with Crippen molar-refractivity contribution in [3.8, 4) is 0 Å². The zero-order valence-corrected chi connectivity index (χ0v) is 10.2. The molecule has 5 heteroatoms. The number of aromatic nitrogens is 2. The zero-order chi connectivity index (χ0) is 11.7. The molecule has 0 bridgehead atoms. The zero-order valence-electron chi connectivity index (χ0n) is 9.35. The van der Waals surface area contributed by atoms with E-state index in [0.717, 1.165) is 29.6 Å². The molecule has 0 atom stereocenters. The Bertz CT molecular complexity index is 621. The van der Waals surface area contributed by atoms with Crippen LogP contribution in [-0.4, -0.2) is 9.97 Å². The van der Waals surface area contributed by atoms with Crippen LogP contribution in [0.15, 0.2) is 9.59 Å². The molecule has 0 aliphatic rings. The quantitative estimate of drug-likeness (QED) is 0.801. The molecule has 0 spiro atoms. The summed E-state index contributed by atoms with van der Waals surface area (Å²) in [6.45, 7) is 4.19. The number of thiophene rings is 1. The van der Waals surface area contributed by atoms with E-state index in [4.69, 9.17) is 0 Å². The normalized spacial score (nSPS) is 11.1. The molecule has 0 aliphatic carbocycles. The third kappa shape index (κ3) is 1.71. The summed E-state index contributed by atoms with van der Waals surface area (Å²) in [6.07, 6.45) is 2.89. The summed E-state index contributed by atoms with van der Waals surface area (Å²) in [4.78, 5) is 29.8. The van der Waals surface area contributed by atoms with E-state index in [1.165, 1.54) is 10.4 Å². The number of hydrogen-bond acceptors (Lipinski definition) is 3. The lowest BCUT2D eigenvalue weighted by atomic mass is 10.1. The molecule has 0 saturated carbocycles. The minimum absolute atomic E-state index is 0.565. The van der Waals surface area contributed by atoms with Gasteiger partial charge in [0.25, 0.3) is 0 Å². The number of aromatic amines is 2. The van der Waals surface area contributed by atoms with Gasteiger partial charge in [0.15, 0.2) is 0 Å². The van der Waals surface area contributed by atoms with Gasteiger partial charge in [-0.3, -0.25) is 9.59 Å².